The minimum Gasteiger partial charge on any atom is -0.423 e. The summed E-state index contributed by atoms with van der Waals surface area (Å²) < 4.78 is 5.61. The Morgan fingerprint density at radius 2 is 2.45 bits per heavy atom. The number of aromatic nitrogens is 1. The first-order chi connectivity index (χ1) is 9.65. The highest BCUT2D eigenvalue weighted by atomic mass is 16.6. The molecule has 0 aliphatic carbocycles. The van der Waals surface area contributed by atoms with Crippen molar-refractivity contribution in [3.8, 4) is 0 Å². The van der Waals surface area contributed by atoms with Crippen molar-refractivity contribution in [3.63, 3.8) is 0 Å². The molecule has 0 amide bonds. The standard InChI is InChI=1S/C13H16N4O3/c1-16(8-9-4-3-7-14-9)13-15-12-10(17(18)19)5-2-6-11(12)20-13/h2,5-6,9,14H,3-4,7-8H2,1H3. The molecule has 0 radical (unpaired) electrons. The van der Waals surface area contributed by atoms with E-state index in [0.29, 0.717) is 23.2 Å². The maximum atomic E-state index is 11.0. The zero-order valence-electron chi connectivity index (χ0n) is 11.2. The minimum atomic E-state index is -0.437. The molecule has 1 N–H and O–H groups in total. The van der Waals surface area contributed by atoms with Gasteiger partial charge in [0.1, 0.15) is 0 Å². The first kappa shape index (κ1) is 12.9. The average Bonchev–Trinajstić information content (AvgIpc) is 3.05. The van der Waals surface area contributed by atoms with E-state index in [0.717, 1.165) is 19.5 Å². The Hall–Kier alpha value is -2.15. The molecule has 3 rings (SSSR count). The molecule has 0 spiro atoms. The molecule has 2 heterocycles. The second-order valence-electron chi connectivity index (χ2n) is 5.05. The number of para-hydroxylation sites is 1. The maximum absolute atomic E-state index is 11.0. The molecular formula is C13H16N4O3. The molecule has 20 heavy (non-hydrogen) atoms. The zero-order chi connectivity index (χ0) is 14.1. The van der Waals surface area contributed by atoms with Crippen molar-refractivity contribution >= 4 is 22.8 Å². The van der Waals surface area contributed by atoms with Crippen LogP contribution >= 0.6 is 0 Å². The fourth-order valence-electron chi connectivity index (χ4n) is 2.55. The molecular weight excluding hydrogens is 260 g/mol. The van der Waals surface area contributed by atoms with E-state index < -0.39 is 4.92 Å². The fraction of sp³-hybridized carbons (Fsp3) is 0.462. The number of hydrogen-bond donors (Lipinski definition) is 1. The van der Waals surface area contributed by atoms with Crippen LogP contribution in [0, 0.1) is 10.1 Å². The number of hydrogen-bond acceptors (Lipinski definition) is 6. The van der Waals surface area contributed by atoms with Crippen molar-refractivity contribution in [2.45, 2.75) is 18.9 Å². The lowest BCUT2D eigenvalue weighted by Gasteiger charge is -2.19. The lowest BCUT2D eigenvalue weighted by atomic mass is 10.2. The molecule has 1 atom stereocenters. The van der Waals surface area contributed by atoms with Gasteiger partial charge in [-0.3, -0.25) is 10.1 Å². The number of nitro groups is 1. The second-order valence-corrected chi connectivity index (χ2v) is 5.05. The topological polar surface area (TPSA) is 84.4 Å². The molecule has 1 aliphatic rings. The first-order valence-corrected chi connectivity index (χ1v) is 6.63. The lowest BCUT2D eigenvalue weighted by molar-refractivity contribution is -0.383. The molecule has 106 valence electrons. The molecule has 2 aromatic rings. The molecule has 1 saturated heterocycles. The van der Waals surface area contributed by atoms with Gasteiger partial charge in [-0.05, 0) is 25.5 Å². The van der Waals surface area contributed by atoms with Crippen LogP contribution in [-0.2, 0) is 0 Å². The number of anilines is 1. The largest absolute Gasteiger partial charge is 0.423 e. The third-order valence-corrected chi connectivity index (χ3v) is 3.57. The van der Waals surface area contributed by atoms with Gasteiger partial charge in [0.15, 0.2) is 11.1 Å². The van der Waals surface area contributed by atoms with Gasteiger partial charge in [-0.15, -0.1) is 0 Å². The third kappa shape index (κ3) is 2.32. The highest BCUT2D eigenvalue weighted by Crippen LogP contribution is 2.28. The van der Waals surface area contributed by atoms with E-state index in [1.807, 2.05) is 11.9 Å². The van der Waals surface area contributed by atoms with Gasteiger partial charge >= 0.3 is 0 Å². The Bertz CT molecular complexity index is 634. The van der Waals surface area contributed by atoms with Crippen molar-refractivity contribution in [1.82, 2.24) is 10.3 Å². The zero-order valence-corrected chi connectivity index (χ0v) is 11.2. The van der Waals surface area contributed by atoms with Crippen molar-refractivity contribution in [1.29, 1.82) is 0 Å². The highest BCUT2D eigenvalue weighted by Gasteiger charge is 2.21. The summed E-state index contributed by atoms with van der Waals surface area (Å²) in [4.78, 5) is 16.7. The van der Waals surface area contributed by atoms with Crippen LogP contribution in [0.5, 0.6) is 0 Å². The van der Waals surface area contributed by atoms with Crippen molar-refractivity contribution in [2.24, 2.45) is 0 Å². The molecule has 1 fully saturated rings. The maximum Gasteiger partial charge on any atom is 0.298 e. The van der Waals surface area contributed by atoms with Gasteiger partial charge in [0.2, 0.25) is 0 Å². The molecule has 0 bridgehead atoms. The lowest BCUT2D eigenvalue weighted by Crippen LogP contribution is -2.35. The van der Waals surface area contributed by atoms with E-state index in [1.165, 1.54) is 12.5 Å². The Morgan fingerprint density at radius 1 is 1.60 bits per heavy atom. The van der Waals surface area contributed by atoms with Crippen LogP contribution in [0.15, 0.2) is 22.6 Å². The van der Waals surface area contributed by atoms with Gasteiger partial charge < -0.3 is 14.6 Å². The molecule has 0 saturated carbocycles. The summed E-state index contributed by atoms with van der Waals surface area (Å²) in [7, 11) is 1.89. The number of benzene rings is 1. The molecule has 7 nitrogen and oxygen atoms in total. The van der Waals surface area contributed by atoms with Crippen LogP contribution < -0.4 is 10.2 Å². The van der Waals surface area contributed by atoms with Gasteiger partial charge in [-0.1, -0.05) is 6.07 Å². The Kier molecular flexibility index (Phi) is 3.27. The van der Waals surface area contributed by atoms with Crippen LogP contribution in [0.1, 0.15) is 12.8 Å². The van der Waals surface area contributed by atoms with Gasteiger partial charge in [0, 0.05) is 25.7 Å². The Labute approximate surface area is 115 Å². The first-order valence-electron chi connectivity index (χ1n) is 6.63. The number of rotatable bonds is 4. The number of non-ortho nitro benzene ring substituents is 1. The van der Waals surface area contributed by atoms with E-state index in [9.17, 15) is 10.1 Å². The van der Waals surface area contributed by atoms with E-state index in [1.54, 1.807) is 12.1 Å². The monoisotopic (exact) mass is 276 g/mol. The van der Waals surface area contributed by atoms with E-state index in [-0.39, 0.29) is 5.69 Å². The second kappa shape index (κ2) is 5.09. The molecule has 1 aromatic heterocycles. The quantitative estimate of drug-likeness (QED) is 0.678. The van der Waals surface area contributed by atoms with E-state index in [2.05, 4.69) is 10.3 Å². The van der Waals surface area contributed by atoms with Gasteiger partial charge in [-0.25, -0.2) is 0 Å². The summed E-state index contributed by atoms with van der Waals surface area (Å²) in [5.41, 5.74) is 0.726. The van der Waals surface area contributed by atoms with Gasteiger partial charge in [0.05, 0.1) is 4.92 Å². The highest BCUT2D eigenvalue weighted by molar-refractivity contribution is 5.84. The number of oxazole rings is 1. The van der Waals surface area contributed by atoms with Crippen LogP contribution in [0.4, 0.5) is 11.7 Å². The molecule has 7 heteroatoms. The van der Waals surface area contributed by atoms with Crippen molar-refractivity contribution in [2.75, 3.05) is 25.0 Å². The third-order valence-electron chi connectivity index (χ3n) is 3.57. The van der Waals surface area contributed by atoms with E-state index >= 15 is 0 Å². The summed E-state index contributed by atoms with van der Waals surface area (Å²) in [6.07, 6.45) is 2.31. The van der Waals surface area contributed by atoms with Crippen molar-refractivity contribution in [3.05, 3.63) is 28.3 Å². The number of likely N-dealkylation sites (N-methyl/N-ethyl adjacent to an activating group) is 1. The van der Waals surface area contributed by atoms with Gasteiger partial charge in [0.25, 0.3) is 11.7 Å². The summed E-state index contributed by atoms with van der Waals surface area (Å²) >= 11 is 0. The summed E-state index contributed by atoms with van der Waals surface area (Å²) in [6, 6.07) is 5.58. The normalized spacial score (nSPS) is 18.6. The molecule has 1 aliphatic heterocycles. The van der Waals surface area contributed by atoms with Crippen LogP contribution in [-0.4, -0.2) is 36.1 Å². The number of nitrogens with zero attached hydrogens (tertiary/aromatic N) is 3. The predicted molar refractivity (Wildman–Crippen MR) is 75.0 cm³/mol. The average molecular weight is 276 g/mol. The van der Waals surface area contributed by atoms with Crippen LogP contribution in [0.2, 0.25) is 0 Å². The molecule has 1 aromatic carbocycles. The Morgan fingerprint density at radius 3 is 3.15 bits per heavy atom. The number of fused-ring (bicyclic) bond motifs is 1. The van der Waals surface area contributed by atoms with E-state index in [4.69, 9.17) is 4.42 Å². The predicted octanol–water partition coefficient (Wildman–Crippen LogP) is 1.92. The smallest absolute Gasteiger partial charge is 0.298 e. The Balaban J connectivity index is 1.88. The minimum absolute atomic E-state index is 0.0232. The van der Waals surface area contributed by atoms with Crippen LogP contribution in [0.25, 0.3) is 11.1 Å². The summed E-state index contributed by atoms with van der Waals surface area (Å²) in [5, 5.41) is 14.4. The van der Waals surface area contributed by atoms with Crippen LogP contribution in [0.3, 0.4) is 0 Å². The fourth-order valence-corrected chi connectivity index (χ4v) is 2.55. The summed E-state index contributed by atoms with van der Waals surface area (Å²) in [6.45, 7) is 1.82. The molecule has 1 unspecified atom stereocenters. The SMILES string of the molecule is CN(CC1CCCN1)c1nc2c([N+](=O)[O-])cccc2o1. The van der Waals surface area contributed by atoms with Gasteiger partial charge in [-0.2, -0.15) is 4.98 Å². The number of nitro benzene ring substituents is 1. The van der Waals surface area contributed by atoms with Crippen molar-refractivity contribution < 1.29 is 9.34 Å². The summed E-state index contributed by atoms with van der Waals surface area (Å²) in [5.74, 6) is 0. The number of nitrogens with one attached hydrogen (secondary N) is 1.